The lowest BCUT2D eigenvalue weighted by atomic mass is 9.84. The Hall–Kier alpha value is -1.48. The molecule has 7 heteroatoms. The molecular formula is C22H33IN4OS. The number of benzene rings is 1. The van der Waals surface area contributed by atoms with Crippen LogP contribution in [-0.4, -0.2) is 45.8 Å². The molecule has 0 aliphatic carbocycles. The molecule has 0 radical (unpaired) electrons. The van der Waals surface area contributed by atoms with E-state index in [4.69, 9.17) is 4.74 Å². The quantitative estimate of drug-likeness (QED) is 0.330. The topological polar surface area (TPSA) is 48.9 Å². The van der Waals surface area contributed by atoms with Crippen molar-refractivity contribution in [3.05, 3.63) is 47.3 Å². The molecule has 0 amide bonds. The lowest BCUT2D eigenvalue weighted by molar-refractivity contribution is 0.411. The van der Waals surface area contributed by atoms with E-state index in [0.717, 1.165) is 44.2 Å². The van der Waals surface area contributed by atoms with Crippen LogP contribution in [0.2, 0.25) is 0 Å². The summed E-state index contributed by atoms with van der Waals surface area (Å²) >= 11 is 1.82. The minimum absolute atomic E-state index is 0. The van der Waals surface area contributed by atoms with E-state index >= 15 is 0 Å². The molecule has 29 heavy (non-hydrogen) atoms. The van der Waals surface area contributed by atoms with Crippen molar-refractivity contribution >= 4 is 46.3 Å². The van der Waals surface area contributed by atoms with Gasteiger partial charge in [0.2, 0.25) is 0 Å². The third kappa shape index (κ3) is 6.50. The molecule has 3 rings (SSSR count). The maximum absolute atomic E-state index is 5.37. The van der Waals surface area contributed by atoms with E-state index in [2.05, 4.69) is 64.0 Å². The van der Waals surface area contributed by atoms with Crippen LogP contribution in [0.15, 0.2) is 46.8 Å². The van der Waals surface area contributed by atoms with Gasteiger partial charge in [0.15, 0.2) is 5.96 Å². The second kappa shape index (κ2) is 11.1. The first-order valence-corrected chi connectivity index (χ1v) is 10.8. The highest BCUT2D eigenvalue weighted by molar-refractivity contribution is 14.0. The molecule has 1 saturated heterocycles. The monoisotopic (exact) mass is 528 g/mol. The van der Waals surface area contributed by atoms with Crippen LogP contribution < -0.4 is 20.3 Å². The van der Waals surface area contributed by atoms with Gasteiger partial charge in [-0.3, -0.25) is 4.99 Å². The fourth-order valence-corrected chi connectivity index (χ4v) is 4.32. The average Bonchev–Trinajstić information content (AvgIpc) is 3.26. The van der Waals surface area contributed by atoms with Crippen molar-refractivity contribution in [3.8, 4) is 5.75 Å². The number of hydrogen-bond acceptors (Lipinski definition) is 4. The summed E-state index contributed by atoms with van der Waals surface area (Å²) in [4.78, 5) is 6.92. The highest BCUT2D eigenvalue weighted by Gasteiger charge is 2.24. The van der Waals surface area contributed by atoms with Gasteiger partial charge in [0.25, 0.3) is 0 Å². The normalized spacial score (nSPS) is 15.6. The molecule has 1 aromatic heterocycles. The van der Waals surface area contributed by atoms with Gasteiger partial charge in [-0.25, -0.2) is 0 Å². The van der Waals surface area contributed by atoms with Crippen molar-refractivity contribution in [1.29, 1.82) is 0 Å². The molecule has 1 aromatic carbocycles. The average molecular weight is 529 g/mol. The predicted octanol–water partition coefficient (Wildman–Crippen LogP) is 4.49. The number of nitrogens with one attached hydrogen (secondary N) is 2. The first-order valence-electron chi connectivity index (χ1n) is 9.92. The van der Waals surface area contributed by atoms with Crippen molar-refractivity contribution in [3.63, 3.8) is 0 Å². The number of rotatable bonds is 6. The number of guanidine groups is 1. The van der Waals surface area contributed by atoms with Crippen LogP contribution in [0, 0.1) is 0 Å². The summed E-state index contributed by atoms with van der Waals surface area (Å²) in [5.41, 5.74) is 1.22. The van der Waals surface area contributed by atoms with Crippen LogP contribution in [-0.2, 0) is 5.41 Å². The van der Waals surface area contributed by atoms with Gasteiger partial charge in [-0.05, 0) is 48.1 Å². The molecule has 0 saturated carbocycles. The van der Waals surface area contributed by atoms with Crippen molar-refractivity contribution in [2.45, 2.75) is 38.1 Å². The summed E-state index contributed by atoms with van der Waals surface area (Å²) in [5.74, 6) is 1.77. The summed E-state index contributed by atoms with van der Waals surface area (Å²) in [6.07, 6.45) is 2.25. The molecule has 160 valence electrons. The zero-order valence-electron chi connectivity index (χ0n) is 17.8. The molecule has 5 nitrogen and oxygen atoms in total. The fraction of sp³-hybridized carbons (Fsp3) is 0.500. The number of piperidine rings is 1. The Labute approximate surface area is 196 Å². The number of anilines is 1. The maximum Gasteiger partial charge on any atom is 0.191 e. The Morgan fingerprint density at radius 2 is 2.00 bits per heavy atom. The number of halogens is 1. The minimum Gasteiger partial charge on any atom is -0.497 e. The summed E-state index contributed by atoms with van der Waals surface area (Å²) in [7, 11) is 3.55. The van der Waals surface area contributed by atoms with Gasteiger partial charge in [-0.15, -0.1) is 35.3 Å². The first kappa shape index (κ1) is 23.8. The molecular weight excluding hydrogens is 495 g/mol. The molecule has 0 spiro atoms. The minimum atomic E-state index is -0.0330. The standard InChI is InChI=1S/C22H32N4OS.HI/c1-22(2,17-7-5-8-19(15-17)27-4)16-24-21(23-3)25-18-10-12-26(13-11-18)20-9-6-14-28-20;/h5-9,14-15,18H,10-13,16H2,1-4H3,(H2,23,24,25);1H. The van der Waals surface area contributed by atoms with Crippen LogP contribution >= 0.6 is 35.3 Å². The van der Waals surface area contributed by atoms with Crippen LogP contribution in [0.1, 0.15) is 32.3 Å². The molecule has 1 fully saturated rings. The van der Waals surface area contributed by atoms with E-state index in [1.54, 1.807) is 7.11 Å². The van der Waals surface area contributed by atoms with E-state index < -0.39 is 0 Å². The molecule has 0 unspecified atom stereocenters. The van der Waals surface area contributed by atoms with Gasteiger partial charge in [0.1, 0.15) is 5.75 Å². The lowest BCUT2D eigenvalue weighted by Crippen LogP contribution is -2.50. The van der Waals surface area contributed by atoms with Gasteiger partial charge in [0.05, 0.1) is 12.1 Å². The zero-order chi connectivity index (χ0) is 20.0. The Balaban J connectivity index is 0.00000300. The van der Waals surface area contributed by atoms with Crippen LogP contribution in [0.3, 0.4) is 0 Å². The molecule has 0 bridgehead atoms. The maximum atomic E-state index is 5.37. The summed E-state index contributed by atoms with van der Waals surface area (Å²) < 4.78 is 5.37. The molecule has 2 N–H and O–H groups in total. The summed E-state index contributed by atoms with van der Waals surface area (Å²) in [5, 5.41) is 10.7. The van der Waals surface area contributed by atoms with E-state index in [0.29, 0.717) is 6.04 Å². The van der Waals surface area contributed by atoms with Crippen molar-refractivity contribution < 1.29 is 4.74 Å². The van der Waals surface area contributed by atoms with Crippen molar-refractivity contribution in [1.82, 2.24) is 10.6 Å². The number of thiophene rings is 1. The largest absolute Gasteiger partial charge is 0.497 e. The number of ether oxygens (including phenoxy) is 1. The van der Waals surface area contributed by atoms with E-state index in [9.17, 15) is 0 Å². The van der Waals surface area contributed by atoms with E-state index in [-0.39, 0.29) is 29.4 Å². The number of methoxy groups -OCH3 is 1. The fourth-order valence-electron chi connectivity index (χ4n) is 3.53. The predicted molar refractivity (Wildman–Crippen MR) is 135 cm³/mol. The highest BCUT2D eigenvalue weighted by atomic mass is 127. The van der Waals surface area contributed by atoms with Gasteiger partial charge in [-0.2, -0.15) is 0 Å². The third-order valence-electron chi connectivity index (χ3n) is 5.43. The SMILES string of the molecule is CN=C(NCC(C)(C)c1cccc(OC)c1)NC1CCN(c2cccs2)CC1.I. The molecule has 2 aromatic rings. The second-order valence-corrected chi connectivity index (χ2v) is 8.82. The number of hydrogen-bond donors (Lipinski definition) is 2. The van der Waals surface area contributed by atoms with E-state index in [1.165, 1.54) is 10.6 Å². The van der Waals surface area contributed by atoms with Gasteiger partial charge in [0, 0.05) is 38.1 Å². The van der Waals surface area contributed by atoms with Crippen molar-refractivity contribution in [2.24, 2.45) is 4.99 Å². The zero-order valence-corrected chi connectivity index (χ0v) is 20.9. The third-order valence-corrected chi connectivity index (χ3v) is 6.36. The molecule has 2 heterocycles. The van der Waals surface area contributed by atoms with Gasteiger partial charge >= 0.3 is 0 Å². The Morgan fingerprint density at radius 3 is 2.62 bits per heavy atom. The molecule has 1 aliphatic heterocycles. The Kier molecular flexibility index (Phi) is 9.07. The lowest BCUT2D eigenvalue weighted by Gasteiger charge is -2.34. The van der Waals surface area contributed by atoms with Gasteiger partial charge in [-0.1, -0.05) is 26.0 Å². The van der Waals surface area contributed by atoms with Crippen LogP contribution in [0.4, 0.5) is 5.00 Å². The Morgan fingerprint density at radius 1 is 1.24 bits per heavy atom. The Bertz CT molecular complexity index is 771. The second-order valence-electron chi connectivity index (χ2n) is 7.90. The summed E-state index contributed by atoms with van der Waals surface area (Å²) in [6.45, 7) is 7.45. The number of aliphatic imine (C=N–C) groups is 1. The highest BCUT2D eigenvalue weighted by Crippen LogP contribution is 2.26. The van der Waals surface area contributed by atoms with Crippen LogP contribution in [0.5, 0.6) is 5.75 Å². The smallest absolute Gasteiger partial charge is 0.191 e. The first-order chi connectivity index (χ1) is 13.5. The summed E-state index contributed by atoms with van der Waals surface area (Å²) in [6, 6.07) is 13.1. The van der Waals surface area contributed by atoms with Crippen molar-refractivity contribution in [2.75, 3.05) is 38.7 Å². The molecule has 0 atom stereocenters. The van der Waals surface area contributed by atoms with E-state index in [1.807, 2.05) is 30.5 Å². The number of nitrogens with zero attached hydrogens (tertiary/aromatic N) is 2. The van der Waals surface area contributed by atoms with Gasteiger partial charge < -0.3 is 20.3 Å². The molecule has 1 aliphatic rings. The van der Waals surface area contributed by atoms with Crippen LogP contribution in [0.25, 0.3) is 0 Å².